The van der Waals surface area contributed by atoms with Gasteiger partial charge in [-0.05, 0) is 25.0 Å². The fraction of sp³-hybridized carbons (Fsp3) is 0.467. The number of nitrogens with zero attached hydrogens (tertiary/aromatic N) is 1. The number of carbonyl (C=O) groups is 2. The second-order valence-corrected chi connectivity index (χ2v) is 5.20. The second-order valence-electron chi connectivity index (χ2n) is 5.20. The highest BCUT2D eigenvalue weighted by atomic mass is 19.1. The Morgan fingerprint density at radius 2 is 2.18 bits per heavy atom. The molecule has 1 unspecified atom stereocenters. The van der Waals surface area contributed by atoms with Crippen molar-refractivity contribution in [2.45, 2.75) is 12.8 Å². The van der Waals surface area contributed by atoms with Crippen LogP contribution in [0.5, 0.6) is 5.75 Å². The molecular formula is C15H20FN3O3. The largest absolute Gasteiger partial charge is 0.490 e. The first-order chi connectivity index (χ1) is 10.6. The standard InChI is InChI=1S/C15H20FN3O3/c16-12-4-1-2-5-13(12)22-9-3-7-18-15(21)19-8-6-11(10-19)14(17)20/h1-2,4-5,11H,3,6-10H2,(H2,17,20)(H,18,21). The number of primary amides is 1. The van der Waals surface area contributed by atoms with E-state index >= 15 is 0 Å². The maximum Gasteiger partial charge on any atom is 0.317 e. The minimum Gasteiger partial charge on any atom is -0.490 e. The third-order valence-corrected chi connectivity index (χ3v) is 3.57. The maximum atomic E-state index is 13.3. The molecule has 6 nitrogen and oxygen atoms in total. The zero-order valence-corrected chi connectivity index (χ0v) is 12.3. The molecule has 1 aromatic carbocycles. The van der Waals surface area contributed by atoms with Crippen molar-refractivity contribution in [3.05, 3.63) is 30.1 Å². The van der Waals surface area contributed by atoms with Crippen molar-refractivity contribution in [2.24, 2.45) is 11.7 Å². The topological polar surface area (TPSA) is 84.7 Å². The summed E-state index contributed by atoms with van der Waals surface area (Å²) in [6, 6.07) is 5.97. The van der Waals surface area contributed by atoms with E-state index in [4.69, 9.17) is 10.5 Å². The smallest absolute Gasteiger partial charge is 0.317 e. The molecule has 1 atom stereocenters. The molecule has 1 aliphatic rings. The Labute approximate surface area is 128 Å². The van der Waals surface area contributed by atoms with Gasteiger partial charge in [0, 0.05) is 19.6 Å². The summed E-state index contributed by atoms with van der Waals surface area (Å²) in [6.07, 6.45) is 1.17. The third kappa shape index (κ3) is 4.34. The molecule has 3 N–H and O–H groups in total. The highest BCUT2D eigenvalue weighted by Gasteiger charge is 2.29. The normalized spacial score (nSPS) is 17.3. The fourth-order valence-corrected chi connectivity index (χ4v) is 2.30. The summed E-state index contributed by atoms with van der Waals surface area (Å²) < 4.78 is 18.6. The van der Waals surface area contributed by atoms with Crippen molar-refractivity contribution >= 4 is 11.9 Å². The summed E-state index contributed by atoms with van der Waals surface area (Å²) in [6.45, 7) is 1.63. The summed E-state index contributed by atoms with van der Waals surface area (Å²) in [5.41, 5.74) is 5.22. The van der Waals surface area contributed by atoms with Crippen LogP contribution in [0.15, 0.2) is 24.3 Å². The lowest BCUT2D eigenvalue weighted by atomic mass is 10.1. The first kappa shape index (κ1) is 16.1. The molecule has 0 aromatic heterocycles. The van der Waals surface area contributed by atoms with Gasteiger partial charge in [-0.2, -0.15) is 0 Å². The molecular weight excluding hydrogens is 289 g/mol. The Hall–Kier alpha value is -2.31. The van der Waals surface area contributed by atoms with Crippen LogP contribution in [0.25, 0.3) is 0 Å². The van der Waals surface area contributed by atoms with Gasteiger partial charge in [0.05, 0.1) is 12.5 Å². The molecule has 2 rings (SSSR count). The van der Waals surface area contributed by atoms with Crippen molar-refractivity contribution in [2.75, 3.05) is 26.2 Å². The molecule has 1 aromatic rings. The fourth-order valence-electron chi connectivity index (χ4n) is 2.30. The van der Waals surface area contributed by atoms with E-state index in [1.165, 1.54) is 6.07 Å². The van der Waals surface area contributed by atoms with Gasteiger partial charge in [-0.15, -0.1) is 0 Å². The van der Waals surface area contributed by atoms with Crippen molar-refractivity contribution in [3.63, 3.8) is 0 Å². The minimum absolute atomic E-state index is 0.206. The molecule has 0 aliphatic carbocycles. The third-order valence-electron chi connectivity index (χ3n) is 3.57. The number of ether oxygens (including phenoxy) is 1. The molecule has 120 valence electrons. The van der Waals surface area contributed by atoms with Crippen LogP contribution in [0.3, 0.4) is 0 Å². The summed E-state index contributed by atoms with van der Waals surface area (Å²) in [5.74, 6) is -0.817. The van der Waals surface area contributed by atoms with E-state index in [2.05, 4.69) is 5.32 Å². The highest BCUT2D eigenvalue weighted by Crippen LogP contribution is 2.16. The number of hydrogen-bond donors (Lipinski definition) is 2. The van der Waals surface area contributed by atoms with Gasteiger partial charge in [-0.3, -0.25) is 4.79 Å². The van der Waals surface area contributed by atoms with Gasteiger partial charge in [-0.25, -0.2) is 9.18 Å². The number of hydrogen-bond acceptors (Lipinski definition) is 3. The molecule has 7 heteroatoms. The van der Waals surface area contributed by atoms with Crippen LogP contribution in [-0.4, -0.2) is 43.1 Å². The molecule has 0 radical (unpaired) electrons. The Kier molecular flexibility index (Phi) is 5.57. The van der Waals surface area contributed by atoms with Gasteiger partial charge in [0.1, 0.15) is 0 Å². The zero-order chi connectivity index (χ0) is 15.9. The number of benzene rings is 1. The average Bonchev–Trinajstić information content (AvgIpc) is 2.98. The molecule has 1 aliphatic heterocycles. The van der Waals surface area contributed by atoms with Crippen LogP contribution < -0.4 is 15.8 Å². The highest BCUT2D eigenvalue weighted by molar-refractivity contribution is 5.80. The lowest BCUT2D eigenvalue weighted by Crippen LogP contribution is -2.40. The number of halogens is 1. The van der Waals surface area contributed by atoms with E-state index < -0.39 is 5.82 Å². The molecule has 0 spiro atoms. The monoisotopic (exact) mass is 309 g/mol. The van der Waals surface area contributed by atoms with E-state index in [0.717, 1.165) is 0 Å². The molecule has 1 heterocycles. The molecule has 1 fully saturated rings. The van der Waals surface area contributed by atoms with Crippen molar-refractivity contribution in [1.82, 2.24) is 10.2 Å². The number of rotatable bonds is 6. The Morgan fingerprint density at radius 1 is 1.41 bits per heavy atom. The summed E-state index contributed by atoms with van der Waals surface area (Å²) >= 11 is 0. The Bertz CT molecular complexity index is 539. The van der Waals surface area contributed by atoms with Crippen LogP contribution in [0.4, 0.5) is 9.18 Å². The van der Waals surface area contributed by atoms with E-state index in [9.17, 15) is 14.0 Å². The number of nitrogens with one attached hydrogen (secondary N) is 1. The molecule has 3 amide bonds. The SMILES string of the molecule is NC(=O)C1CCN(C(=O)NCCCOc2ccccc2F)C1. The van der Waals surface area contributed by atoms with Gasteiger partial charge < -0.3 is 20.7 Å². The molecule has 0 saturated carbocycles. The Morgan fingerprint density at radius 3 is 2.86 bits per heavy atom. The summed E-state index contributed by atoms with van der Waals surface area (Å²) in [4.78, 5) is 24.5. The summed E-state index contributed by atoms with van der Waals surface area (Å²) in [5, 5.41) is 2.75. The quantitative estimate of drug-likeness (QED) is 0.772. The van der Waals surface area contributed by atoms with E-state index in [0.29, 0.717) is 39.1 Å². The van der Waals surface area contributed by atoms with E-state index in [1.54, 1.807) is 23.1 Å². The van der Waals surface area contributed by atoms with Crippen LogP contribution in [0.1, 0.15) is 12.8 Å². The molecule has 22 heavy (non-hydrogen) atoms. The predicted molar refractivity (Wildman–Crippen MR) is 78.8 cm³/mol. The number of likely N-dealkylation sites (tertiary alicyclic amines) is 1. The predicted octanol–water partition coefficient (Wildman–Crippen LogP) is 1.11. The van der Waals surface area contributed by atoms with Crippen molar-refractivity contribution in [1.29, 1.82) is 0 Å². The van der Waals surface area contributed by atoms with Crippen molar-refractivity contribution in [3.8, 4) is 5.75 Å². The zero-order valence-electron chi connectivity index (χ0n) is 12.3. The number of urea groups is 1. The first-order valence-electron chi connectivity index (χ1n) is 7.27. The minimum atomic E-state index is -0.402. The van der Waals surface area contributed by atoms with Crippen LogP contribution in [0, 0.1) is 11.7 Å². The molecule has 0 bridgehead atoms. The molecule has 1 saturated heterocycles. The average molecular weight is 309 g/mol. The Balaban J connectivity index is 1.62. The van der Waals surface area contributed by atoms with Crippen LogP contribution in [-0.2, 0) is 4.79 Å². The number of carbonyl (C=O) groups excluding carboxylic acids is 2. The van der Waals surface area contributed by atoms with E-state index in [-0.39, 0.29) is 23.6 Å². The number of nitrogens with two attached hydrogens (primary N) is 1. The second kappa shape index (κ2) is 7.63. The maximum absolute atomic E-state index is 13.3. The van der Waals surface area contributed by atoms with Gasteiger partial charge in [0.25, 0.3) is 0 Å². The van der Waals surface area contributed by atoms with E-state index in [1.807, 2.05) is 0 Å². The number of amides is 3. The lowest BCUT2D eigenvalue weighted by Gasteiger charge is -2.16. The van der Waals surface area contributed by atoms with Crippen LogP contribution in [0.2, 0.25) is 0 Å². The first-order valence-corrected chi connectivity index (χ1v) is 7.27. The van der Waals surface area contributed by atoms with Gasteiger partial charge in [0.2, 0.25) is 5.91 Å². The van der Waals surface area contributed by atoms with Crippen LogP contribution >= 0.6 is 0 Å². The lowest BCUT2D eigenvalue weighted by molar-refractivity contribution is -0.121. The van der Waals surface area contributed by atoms with Crippen molar-refractivity contribution < 1.29 is 18.7 Å². The van der Waals surface area contributed by atoms with Gasteiger partial charge in [-0.1, -0.05) is 12.1 Å². The van der Waals surface area contributed by atoms with Gasteiger partial charge in [0.15, 0.2) is 11.6 Å². The number of para-hydroxylation sites is 1. The summed E-state index contributed by atoms with van der Waals surface area (Å²) in [7, 11) is 0. The van der Waals surface area contributed by atoms with Gasteiger partial charge >= 0.3 is 6.03 Å².